The van der Waals surface area contributed by atoms with Crippen molar-refractivity contribution in [2.24, 2.45) is 0 Å². The van der Waals surface area contributed by atoms with Crippen molar-refractivity contribution < 1.29 is 24.0 Å². The van der Waals surface area contributed by atoms with Crippen molar-refractivity contribution in [3.63, 3.8) is 0 Å². The molecule has 0 radical (unpaired) electrons. The van der Waals surface area contributed by atoms with Crippen LogP contribution >= 0.6 is 11.3 Å². The third-order valence-corrected chi connectivity index (χ3v) is 8.60. The molecular formula is C30H38N4O6S. The summed E-state index contributed by atoms with van der Waals surface area (Å²) in [6, 6.07) is 9.18. The van der Waals surface area contributed by atoms with Gasteiger partial charge in [-0.2, -0.15) is 0 Å². The molecule has 10 nitrogen and oxygen atoms in total. The average molecular weight is 583 g/mol. The molecule has 0 saturated heterocycles. The molecule has 2 aromatic carbocycles. The lowest BCUT2D eigenvalue weighted by Crippen LogP contribution is -2.43. The van der Waals surface area contributed by atoms with Crippen molar-refractivity contribution in [3.8, 4) is 10.9 Å². The summed E-state index contributed by atoms with van der Waals surface area (Å²) in [5.74, 6) is 0.374. The van der Waals surface area contributed by atoms with Crippen LogP contribution in [0.15, 0.2) is 30.3 Å². The molecule has 1 atom stereocenters. The van der Waals surface area contributed by atoms with Crippen LogP contribution in [0.4, 0.5) is 11.4 Å². The van der Waals surface area contributed by atoms with Crippen LogP contribution in [0.25, 0.3) is 10.2 Å². The van der Waals surface area contributed by atoms with Gasteiger partial charge in [0, 0.05) is 44.2 Å². The fourth-order valence-electron chi connectivity index (χ4n) is 5.56. The fraction of sp³-hybridized carbons (Fsp3) is 0.500. The Morgan fingerprint density at radius 1 is 1.10 bits per heavy atom. The number of carbonyl (C=O) groups is 2. The number of hydrogen-bond donors (Lipinski definition) is 0. The number of rotatable bonds is 13. The quantitative estimate of drug-likeness (QED) is 0.139. The summed E-state index contributed by atoms with van der Waals surface area (Å²) in [6.07, 6.45) is 5.82. The fourth-order valence-corrected chi connectivity index (χ4v) is 6.37. The minimum Gasteiger partial charge on any atom is -0.490 e. The normalized spacial score (nSPS) is 14.4. The molecular weight excluding hydrogens is 544 g/mol. The summed E-state index contributed by atoms with van der Waals surface area (Å²) in [6.45, 7) is 4.87. The lowest BCUT2D eigenvalue weighted by molar-refractivity contribution is -0.385. The van der Waals surface area contributed by atoms with Crippen LogP contribution in [0.5, 0.6) is 10.9 Å². The van der Waals surface area contributed by atoms with Crippen LogP contribution in [0.1, 0.15) is 63.5 Å². The number of anilines is 1. The number of thiazole rings is 1. The van der Waals surface area contributed by atoms with Gasteiger partial charge < -0.3 is 19.3 Å². The highest BCUT2D eigenvalue weighted by Gasteiger charge is 2.29. The number of hydrogen-bond acceptors (Lipinski definition) is 8. The van der Waals surface area contributed by atoms with Crippen LogP contribution in [-0.4, -0.2) is 60.0 Å². The topological polar surface area (TPSA) is 115 Å². The predicted octanol–water partition coefficient (Wildman–Crippen LogP) is 5.93. The minimum atomic E-state index is -0.417. The standard InChI is InChI=1S/C30H38N4O6S/c1-5-14-33(23-11-10-21-18-27(39-3)26(34(37)38)17-22(21)16-23)29(36)9-7-6-8-15-32(20(2)35)24-12-13-25-28(19-24)41-30(31-25)40-4/h12-13,17-19,23H,5-11,14-16H2,1-4H3/t23-/m1/s1. The molecule has 4 rings (SSSR count). The SMILES string of the molecule is CCCN(C(=O)CCCCCN(C(C)=O)c1ccc2nc(OC)sc2c1)[C@@H]1CCc2cc(OC)c([N+](=O)[O-])cc2C1. The largest absolute Gasteiger partial charge is 0.490 e. The first-order valence-corrected chi connectivity index (χ1v) is 14.9. The Morgan fingerprint density at radius 3 is 2.59 bits per heavy atom. The van der Waals surface area contributed by atoms with Crippen LogP contribution in [0.2, 0.25) is 0 Å². The zero-order valence-corrected chi connectivity index (χ0v) is 25.0. The number of nitrogens with zero attached hydrogens (tertiary/aromatic N) is 4. The summed E-state index contributed by atoms with van der Waals surface area (Å²) in [5, 5.41) is 12.1. The van der Waals surface area contributed by atoms with Gasteiger partial charge in [-0.05, 0) is 73.9 Å². The maximum atomic E-state index is 13.3. The summed E-state index contributed by atoms with van der Waals surface area (Å²) in [7, 11) is 3.03. The number of nitro benzene ring substituents is 1. The van der Waals surface area contributed by atoms with E-state index >= 15 is 0 Å². The molecule has 1 aliphatic carbocycles. The first-order chi connectivity index (χ1) is 19.7. The number of aryl methyl sites for hydroxylation is 1. The molecule has 1 heterocycles. The van der Waals surface area contributed by atoms with E-state index in [1.54, 1.807) is 31.1 Å². The third kappa shape index (κ3) is 7.13. The Labute approximate surface area is 244 Å². The smallest absolute Gasteiger partial charge is 0.311 e. The van der Waals surface area contributed by atoms with Crippen molar-refractivity contribution in [2.75, 3.05) is 32.2 Å². The van der Waals surface area contributed by atoms with Gasteiger partial charge in [-0.15, -0.1) is 0 Å². The van der Waals surface area contributed by atoms with Gasteiger partial charge in [0.2, 0.25) is 11.8 Å². The van der Waals surface area contributed by atoms with E-state index in [4.69, 9.17) is 9.47 Å². The summed E-state index contributed by atoms with van der Waals surface area (Å²) < 4.78 is 11.4. The average Bonchev–Trinajstić information content (AvgIpc) is 3.39. The molecule has 41 heavy (non-hydrogen) atoms. The molecule has 0 unspecified atom stereocenters. The van der Waals surface area contributed by atoms with Crippen LogP contribution in [0.3, 0.4) is 0 Å². The van der Waals surface area contributed by atoms with Gasteiger partial charge in [-0.25, -0.2) is 4.98 Å². The molecule has 1 aromatic heterocycles. The highest BCUT2D eigenvalue weighted by Crippen LogP contribution is 2.35. The second-order valence-corrected chi connectivity index (χ2v) is 11.3. The molecule has 0 spiro atoms. The predicted molar refractivity (Wildman–Crippen MR) is 160 cm³/mol. The number of unbranched alkanes of at least 4 members (excludes halogenated alkanes) is 2. The van der Waals surface area contributed by atoms with E-state index in [1.807, 2.05) is 23.1 Å². The molecule has 2 amide bonds. The van der Waals surface area contributed by atoms with E-state index in [0.29, 0.717) is 31.1 Å². The third-order valence-electron chi connectivity index (χ3n) is 7.62. The Kier molecular flexibility index (Phi) is 10.1. The lowest BCUT2D eigenvalue weighted by atomic mass is 9.86. The number of amides is 2. The number of benzene rings is 2. The molecule has 220 valence electrons. The molecule has 0 fully saturated rings. The minimum absolute atomic E-state index is 0.0245. The summed E-state index contributed by atoms with van der Waals surface area (Å²) in [4.78, 5) is 45.0. The highest BCUT2D eigenvalue weighted by molar-refractivity contribution is 7.20. The Balaban J connectivity index is 1.32. The number of ether oxygens (including phenoxy) is 2. The maximum Gasteiger partial charge on any atom is 0.311 e. The van der Waals surface area contributed by atoms with E-state index in [1.165, 1.54) is 18.4 Å². The van der Waals surface area contributed by atoms with Gasteiger partial charge >= 0.3 is 5.69 Å². The van der Waals surface area contributed by atoms with E-state index in [0.717, 1.165) is 65.6 Å². The van der Waals surface area contributed by atoms with Crippen LogP contribution < -0.4 is 14.4 Å². The first-order valence-electron chi connectivity index (χ1n) is 14.1. The zero-order chi connectivity index (χ0) is 29.5. The number of methoxy groups -OCH3 is 2. The summed E-state index contributed by atoms with van der Waals surface area (Å²) >= 11 is 1.44. The zero-order valence-electron chi connectivity index (χ0n) is 24.2. The van der Waals surface area contributed by atoms with Crippen LogP contribution in [0, 0.1) is 10.1 Å². The monoisotopic (exact) mass is 582 g/mol. The van der Waals surface area contributed by atoms with Gasteiger partial charge in [0.25, 0.3) is 5.19 Å². The van der Waals surface area contributed by atoms with E-state index in [2.05, 4.69) is 11.9 Å². The van der Waals surface area contributed by atoms with Gasteiger partial charge in [-0.1, -0.05) is 24.7 Å². The molecule has 0 saturated carbocycles. The molecule has 0 bridgehead atoms. The van der Waals surface area contributed by atoms with E-state index in [-0.39, 0.29) is 29.3 Å². The molecule has 0 aliphatic heterocycles. The molecule has 0 N–H and O–H groups in total. The number of carbonyl (C=O) groups excluding carboxylic acids is 2. The van der Waals surface area contributed by atoms with Gasteiger partial charge in [0.05, 0.1) is 29.4 Å². The van der Waals surface area contributed by atoms with Crippen molar-refractivity contribution in [1.82, 2.24) is 9.88 Å². The number of nitro groups is 1. The van der Waals surface area contributed by atoms with Gasteiger partial charge in [0.15, 0.2) is 5.75 Å². The lowest BCUT2D eigenvalue weighted by Gasteiger charge is -2.35. The first kappa shape index (κ1) is 30.2. The van der Waals surface area contributed by atoms with Crippen molar-refractivity contribution >= 4 is 44.7 Å². The van der Waals surface area contributed by atoms with E-state index in [9.17, 15) is 19.7 Å². The van der Waals surface area contributed by atoms with Crippen molar-refractivity contribution in [1.29, 1.82) is 0 Å². The maximum absolute atomic E-state index is 13.3. The second-order valence-electron chi connectivity index (χ2n) is 10.4. The number of aromatic nitrogens is 1. The van der Waals surface area contributed by atoms with Crippen LogP contribution in [-0.2, 0) is 22.4 Å². The Bertz CT molecular complexity index is 1410. The van der Waals surface area contributed by atoms with Gasteiger partial charge in [-0.3, -0.25) is 19.7 Å². The Hall–Kier alpha value is -3.73. The van der Waals surface area contributed by atoms with E-state index < -0.39 is 4.92 Å². The second kappa shape index (κ2) is 13.8. The molecule has 3 aromatic rings. The molecule has 11 heteroatoms. The van der Waals surface area contributed by atoms with Crippen molar-refractivity contribution in [3.05, 3.63) is 51.6 Å². The van der Waals surface area contributed by atoms with Gasteiger partial charge in [0.1, 0.15) is 0 Å². The number of fused-ring (bicyclic) bond motifs is 2. The highest BCUT2D eigenvalue weighted by atomic mass is 32.1. The Morgan fingerprint density at radius 2 is 1.90 bits per heavy atom. The van der Waals surface area contributed by atoms with Crippen molar-refractivity contribution in [2.45, 2.75) is 71.3 Å². The molecule has 1 aliphatic rings. The summed E-state index contributed by atoms with van der Waals surface area (Å²) in [5.41, 5.74) is 3.61.